The number of hydrogen-bond donors (Lipinski definition) is 2. The van der Waals surface area contributed by atoms with E-state index in [1.165, 1.54) is 6.92 Å². The summed E-state index contributed by atoms with van der Waals surface area (Å²) in [4.78, 5) is 22.3. The number of rotatable bonds is 9. The lowest BCUT2D eigenvalue weighted by molar-refractivity contribution is -0.114. The van der Waals surface area contributed by atoms with Crippen LogP contribution in [0.4, 0.5) is 11.4 Å². The fraction of sp³-hybridized carbons (Fsp3) is 0.227. The van der Waals surface area contributed by atoms with E-state index in [2.05, 4.69) is 25.5 Å². The smallest absolute Gasteiger partial charge is 0.221 e. The van der Waals surface area contributed by atoms with Crippen molar-refractivity contribution >= 4 is 17.3 Å². The van der Waals surface area contributed by atoms with Crippen LogP contribution in [0.5, 0.6) is 0 Å². The van der Waals surface area contributed by atoms with Crippen LogP contribution in [0.25, 0.3) is 0 Å². The van der Waals surface area contributed by atoms with Gasteiger partial charge in [-0.05, 0) is 48.5 Å². The molecule has 1 aromatic carbocycles. The van der Waals surface area contributed by atoms with Crippen molar-refractivity contribution in [3.63, 3.8) is 0 Å². The summed E-state index contributed by atoms with van der Waals surface area (Å²) in [6.45, 7) is 4.67. The van der Waals surface area contributed by atoms with E-state index in [0.29, 0.717) is 0 Å². The second-order valence-electron chi connectivity index (χ2n) is 6.54. The lowest BCUT2D eigenvalue weighted by Gasteiger charge is -2.22. The van der Waals surface area contributed by atoms with Crippen LogP contribution in [-0.2, 0) is 17.9 Å². The van der Waals surface area contributed by atoms with Gasteiger partial charge < -0.3 is 10.6 Å². The summed E-state index contributed by atoms with van der Waals surface area (Å²) in [6, 6.07) is 19.7. The van der Waals surface area contributed by atoms with E-state index in [1.54, 1.807) is 0 Å². The van der Waals surface area contributed by atoms with Crippen LogP contribution in [0, 0.1) is 0 Å². The topological polar surface area (TPSA) is 70.2 Å². The van der Waals surface area contributed by atoms with Gasteiger partial charge in [-0.15, -0.1) is 0 Å². The molecule has 0 aliphatic carbocycles. The Bertz CT molecular complexity index is 812. The summed E-state index contributed by atoms with van der Waals surface area (Å²) in [5.41, 5.74) is 3.89. The van der Waals surface area contributed by atoms with Crippen LogP contribution >= 0.6 is 0 Å². The zero-order chi connectivity index (χ0) is 19.6. The number of pyridine rings is 2. The predicted octanol–water partition coefficient (Wildman–Crippen LogP) is 3.55. The zero-order valence-corrected chi connectivity index (χ0v) is 16.0. The van der Waals surface area contributed by atoms with Gasteiger partial charge >= 0.3 is 0 Å². The van der Waals surface area contributed by atoms with E-state index in [4.69, 9.17) is 0 Å². The lowest BCUT2D eigenvalue weighted by Crippen LogP contribution is -2.29. The van der Waals surface area contributed by atoms with Crippen molar-refractivity contribution in [3.8, 4) is 0 Å². The van der Waals surface area contributed by atoms with Crippen LogP contribution in [0.3, 0.4) is 0 Å². The molecule has 0 aliphatic rings. The molecule has 3 rings (SSSR count). The van der Waals surface area contributed by atoms with Gasteiger partial charge in [-0.3, -0.25) is 19.7 Å². The minimum atomic E-state index is -0.0691. The lowest BCUT2D eigenvalue weighted by atomic mass is 10.2. The molecule has 0 saturated heterocycles. The third kappa shape index (κ3) is 6.48. The van der Waals surface area contributed by atoms with Gasteiger partial charge in [0.2, 0.25) is 5.91 Å². The molecule has 1 amide bonds. The number of benzene rings is 1. The average Bonchev–Trinajstić information content (AvgIpc) is 2.70. The Kier molecular flexibility index (Phi) is 7.09. The minimum absolute atomic E-state index is 0.0691. The maximum atomic E-state index is 11.1. The molecule has 2 heterocycles. The molecule has 144 valence electrons. The number of carbonyl (C=O) groups excluding carboxylic acids is 1. The quantitative estimate of drug-likeness (QED) is 0.599. The molecule has 3 aromatic rings. The summed E-state index contributed by atoms with van der Waals surface area (Å²) in [5, 5.41) is 6.20. The first kappa shape index (κ1) is 19.5. The first-order valence-electron chi connectivity index (χ1n) is 9.33. The van der Waals surface area contributed by atoms with E-state index in [1.807, 2.05) is 73.1 Å². The van der Waals surface area contributed by atoms with Crippen molar-refractivity contribution in [1.82, 2.24) is 14.9 Å². The highest BCUT2D eigenvalue weighted by molar-refractivity contribution is 5.88. The molecule has 0 saturated carbocycles. The fourth-order valence-corrected chi connectivity index (χ4v) is 2.89. The van der Waals surface area contributed by atoms with Crippen LogP contribution in [0.1, 0.15) is 18.3 Å². The number of carbonyl (C=O) groups is 1. The van der Waals surface area contributed by atoms with Gasteiger partial charge in [0.1, 0.15) is 0 Å². The molecule has 0 atom stereocenters. The molecule has 2 aromatic heterocycles. The molecule has 0 unspecified atom stereocenters. The molecule has 2 N–H and O–H groups in total. The van der Waals surface area contributed by atoms with E-state index >= 15 is 0 Å². The monoisotopic (exact) mass is 375 g/mol. The molecule has 0 spiro atoms. The second kappa shape index (κ2) is 10.2. The SMILES string of the molecule is CC(=O)Nc1ccc(NCCN(Cc2ccccn2)Cc2ccccn2)cc1. The van der Waals surface area contributed by atoms with E-state index in [-0.39, 0.29) is 5.91 Å². The first-order chi connectivity index (χ1) is 13.7. The van der Waals surface area contributed by atoms with Gasteiger partial charge in [-0.2, -0.15) is 0 Å². The van der Waals surface area contributed by atoms with Crippen molar-refractivity contribution in [3.05, 3.63) is 84.4 Å². The number of nitrogens with one attached hydrogen (secondary N) is 2. The van der Waals surface area contributed by atoms with Crippen molar-refractivity contribution in [1.29, 1.82) is 0 Å². The highest BCUT2D eigenvalue weighted by Gasteiger charge is 2.08. The number of anilines is 2. The molecule has 0 bridgehead atoms. The van der Waals surface area contributed by atoms with Crippen molar-refractivity contribution in [2.24, 2.45) is 0 Å². The standard InChI is InChI=1S/C22H25N5O/c1-18(28)26-20-10-8-19(9-11-20)25-14-15-27(16-21-6-2-4-12-23-21)17-22-7-3-5-13-24-22/h2-13,25H,14-17H2,1H3,(H,26,28). The molecular weight excluding hydrogens is 350 g/mol. The molecule has 6 nitrogen and oxygen atoms in total. The van der Waals surface area contributed by atoms with Crippen molar-refractivity contribution in [2.75, 3.05) is 23.7 Å². The minimum Gasteiger partial charge on any atom is -0.384 e. The summed E-state index contributed by atoms with van der Waals surface area (Å²) in [7, 11) is 0. The zero-order valence-electron chi connectivity index (χ0n) is 16.0. The van der Waals surface area contributed by atoms with Crippen LogP contribution in [0.2, 0.25) is 0 Å². The largest absolute Gasteiger partial charge is 0.384 e. The molecule has 0 aliphatic heterocycles. The maximum absolute atomic E-state index is 11.1. The molecule has 0 fully saturated rings. The van der Waals surface area contributed by atoms with Gasteiger partial charge in [0.25, 0.3) is 0 Å². The van der Waals surface area contributed by atoms with Gasteiger partial charge in [0.05, 0.1) is 11.4 Å². The van der Waals surface area contributed by atoms with Crippen molar-refractivity contribution in [2.45, 2.75) is 20.0 Å². The normalized spacial score (nSPS) is 10.6. The van der Waals surface area contributed by atoms with Crippen LogP contribution in [-0.4, -0.2) is 33.9 Å². The summed E-state index contributed by atoms with van der Waals surface area (Å²) in [5.74, 6) is -0.0691. The highest BCUT2D eigenvalue weighted by Crippen LogP contribution is 2.13. The summed E-state index contributed by atoms with van der Waals surface area (Å²) in [6.07, 6.45) is 3.65. The second-order valence-corrected chi connectivity index (χ2v) is 6.54. The Labute approximate surface area is 165 Å². The number of hydrogen-bond acceptors (Lipinski definition) is 5. The van der Waals surface area contributed by atoms with E-state index < -0.39 is 0 Å². The highest BCUT2D eigenvalue weighted by atomic mass is 16.1. The summed E-state index contributed by atoms with van der Waals surface area (Å²) >= 11 is 0. The van der Waals surface area contributed by atoms with Gasteiger partial charge in [0, 0.05) is 56.9 Å². The maximum Gasteiger partial charge on any atom is 0.221 e. The Morgan fingerprint density at radius 3 is 1.93 bits per heavy atom. The van der Waals surface area contributed by atoms with Gasteiger partial charge in [-0.1, -0.05) is 12.1 Å². The predicted molar refractivity (Wildman–Crippen MR) is 112 cm³/mol. The van der Waals surface area contributed by atoms with Gasteiger partial charge in [-0.25, -0.2) is 0 Å². The van der Waals surface area contributed by atoms with Gasteiger partial charge in [0.15, 0.2) is 0 Å². The van der Waals surface area contributed by atoms with E-state index in [9.17, 15) is 4.79 Å². The molecular formula is C22H25N5O. The Morgan fingerprint density at radius 2 is 1.43 bits per heavy atom. The van der Waals surface area contributed by atoms with Crippen LogP contribution in [0.15, 0.2) is 73.1 Å². The number of nitrogens with zero attached hydrogens (tertiary/aromatic N) is 3. The van der Waals surface area contributed by atoms with Crippen LogP contribution < -0.4 is 10.6 Å². The molecule has 6 heteroatoms. The fourth-order valence-electron chi connectivity index (χ4n) is 2.89. The Morgan fingerprint density at radius 1 is 0.857 bits per heavy atom. The summed E-state index contributed by atoms with van der Waals surface area (Å²) < 4.78 is 0. The average molecular weight is 375 g/mol. The van der Waals surface area contributed by atoms with Crippen molar-refractivity contribution < 1.29 is 4.79 Å². The Balaban J connectivity index is 1.57. The molecule has 0 radical (unpaired) electrons. The first-order valence-corrected chi connectivity index (χ1v) is 9.33. The van der Waals surface area contributed by atoms with E-state index in [0.717, 1.165) is 48.9 Å². The molecule has 28 heavy (non-hydrogen) atoms. The Hall–Kier alpha value is -3.25. The number of amides is 1. The third-order valence-electron chi connectivity index (χ3n) is 4.19. The third-order valence-corrected chi connectivity index (χ3v) is 4.19. The number of aromatic nitrogens is 2.